The number of halogens is 3. The Morgan fingerprint density at radius 2 is 1.06 bits per heavy atom. The molecule has 0 amide bonds. The second-order valence-corrected chi connectivity index (χ2v) is 15.7. The molecule has 4 aromatic carbocycles. The van der Waals surface area contributed by atoms with Crippen molar-refractivity contribution in [2.75, 3.05) is 36.0 Å². The van der Waals surface area contributed by atoms with Crippen molar-refractivity contribution in [1.29, 1.82) is 0 Å². The number of fused-ring (bicyclic) bond motifs is 2. The summed E-state index contributed by atoms with van der Waals surface area (Å²) in [6.07, 6.45) is 7.47. The van der Waals surface area contributed by atoms with Gasteiger partial charge in [-0.15, -0.1) is 0 Å². The fraction of sp³-hybridized carbons (Fsp3) is 0.459. The topological polar surface area (TPSA) is 68.3 Å². The first-order valence-electron chi connectivity index (χ1n) is 17.1. The number of hydrogen-bond acceptors (Lipinski definition) is 7. The largest absolute Gasteiger partial charge is 0.534 e. The van der Waals surface area contributed by atoms with Crippen molar-refractivity contribution < 1.29 is 35.1 Å². The van der Waals surface area contributed by atoms with E-state index in [1.807, 2.05) is 12.1 Å². The molecular formula is C37H44BF3N2O5S. The van der Waals surface area contributed by atoms with Crippen LogP contribution in [0.2, 0.25) is 0 Å². The maximum Gasteiger partial charge on any atom is 0.534 e. The van der Waals surface area contributed by atoms with Crippen LogP contribution in [-0.2, 0) is 19.4 Å². The van der Waals surface area contributed by atoms with Crippen LogP contribution in [0, 0.1) is 0 Å². The zero-order valence-corrected chi connectivity index (χ0v) is 29.4. The number of hydrogen-bond donors (Lipinski definition) is 0. The first-order valence-corrected chi connectivity index (χ1v) is 18.5. The number of alkyl halides is 3. The maximum atomic E-state index is 12.4. The molecule has 3 heterocycles. The number of benzene rings is 4. The van der Waals surface area contributed by atoms with Crippen LogP contribution in [0.3, 0.4) is 0 Å². The third kappa shape index (κ3) is 7.81. The van der Waals surface area contributed by atoms with Gasteiger partial charge in [0.1, 0.15) is 5.75 Å². The van der Waals surface area contributed by atoms with Crippen LogP contribution in [-0.4, -0.2) is 58.4 Å². The van der Waals surface area contributed by atoms with Crippen molar-refractivity contribution in [1.82, 2.24) is 0 Å². The Morgan fingerprint density at radius 3 is 1.55 bits per heavy atom. The summed E-state index contributed by atoms with van der Waals surface area (Å²) in [4.78, 5) is 4.77. The van der Waals surface area contributed by atoms with Crippen LogP contribution in [0.15, 0.2) is 72.8 Å². The molecule has 0 aromatic heterocycles. The van der Waals surface area contributed by atoms with E-state index in [1.54, 1.807) is 12.1 Å². The van der Waals surface area contributed by atoms with Crippen molar-refractivity contribution in [3.63, 3.8) is 0 Å². The highest BCUT2D eigenvalue weighted by molar-refractivity contribution is 7.88. The monoisotopic (exact) mass is 696 g/mol. The number of anilines is 2. The molecule has 0 radical (unpaired) electrons. The van der Waals surface area contributed by atoms with E-state index in [0.29, 0.717) is 5.39 Å². The summed E-state index contributed by atoms with van der Waals surface area (Å²) in [5, 5.41) is 3.96. The highest BCUT2D eigenvalue weighted by Gasteiger charge is 2.51. The van der Waals surface area contributed by atoms with Gasteiger partial charge in [-0.25, -0.2) is 0 Å². The molecule has 4 aromatic rings. The lowest BCUT2D eigenvalue weighted by Crippen LogP contribution is -2.41. The van der Waals surface area contributed by atoms with Crippen molar-refractivity contribution in [3.05, 3.63) is 72.8 Å². The molecule has 3 aliphatic heterocycles. The number of piperidine rings is 2. The second kappa shape index (κ2) is 13.7. The SMILES string of the molecule is CC1(C)OB(c2ccc3cc(N4CCCCC4)ccc3c2)OC1(C)C.O=S(=O)(Oc1ccc2cc(N3CCCCC3)ccc2c1)C(F)(F)F. The van der Waals surface area contributed by atoms with Gasteiger partial charge in [-0.3, -0.25) is 0 Å². The second-order valence-electron chi connectivity index (χ2n) is 14.2. The van der Waals surface area contributed by atoms with E-state index < -0.39 is 15.6 Å². The normalized spacial score (nSPS) is 19.5. The molecule has 0 aliphatic carbocycles. The van der Waals surface area contributed by atoms with Crippen LogP contribution >= 0.6 is 0 Å². The molecule has 3 fully saturated rings. The Morgan fingerprint density at radius 1 is 0.633 bits per heavy atom. The zero-order valence-electron chi connectivity index (χ0n) is 28.6. The van der Waals surface area contributed by atoms with Crippen LogP contribution in [0.4, 0.5) is 24.5 Å². The highest BCUT2D eigenvalue weighted by atomic mass is 32.2. The lowest BCUT2D eigenvalue weighted by atomic mass is 9.78. The van der Waals surface area contributed by atoms with E-state index in [-0.39, 0.29) is 24.1 Å². The van der Waals surface area contributed by atoms with Gasteiger partial charge in [0.2, 0.25) is 0 Å². The Labute approximate surface area is 287 Å². The Bertz CT molecular complexity index is 1890. The third-order valence-corrected chi connectivity index (χ3v) is 11.1. The van der Waals surface area contributed by atoms with Gasteiger partial charge in [-0.05, 0) is 130 Å². The van der Waals surface area contributed by atoms with E-state index >= 15 is 0 Å². The molecular weight excluding hydrogens is 652 g/mol. The van der Waals surface area contributed by atoms with E-state index in [0.717, 1.165) is 42.5 Å². The number of rotatable bonds is 5. The van der Waals surface area contributed by atoms with Gasteiger partial charge in [-0.1, -0.05) is 36.4 Å². The van der Waals surface area contributed by atoms with E-state index in [1.165, 1.54) is 67.4 Å². The van der Waals surface area contributed by atoms with Crippen LogP contribution in [0.1, 0.15) is 66.2 Å². The molecule has 0 spiro atoms. The third-order valence-electron chi connectivity index (χ3n) is 10.1. The van der Waals surface area contributed by atoms with Gasteiger partial charge in [0.25, 0.3) is 0 Å². The molecule has 262 valence electrons. The van der Waals surface area contributed by atoms with E-state index in [4.69, 9.17) is 9.31 Å². The summed E-state index contributed by atoms with van der Waals surface area (Å²) < 4.78 is 75.8. The average molecular weight is 697 g/mol. The van der Waals surface area contributed by atoms with Crippen molar-refractivity contribution in [2.45, 2.75) is 82.9 Å². The molecule has 0 atom stereocenters. The minimum absolute atomic E-state index is 0.295. The first-order chi connectivity index (χ1) is 23.1. The van der Waals surface area contributed by atoms with Gasteiger partial charge in [0.15, 0.2) is 0 Å². The standard InChI is InChI=1S/C21H28BNO2.C16H16F3NO3S/c1-20(2)21(3,4)25-22(24-20)18-10-8-17-15-19(11-9-16(17)14-18)23-12-6-5-7-13-23;17-16(18,19)24(21,22)23-15-7-5-12-10-14(6-4-13(12)11-15)20-8-2-1-3-9-20/h8-11,14-15H,5-7,12-13H2,1-4H3;4-7,10-11H,1-3,8-9H2. The van der Waals surface area contributed by atoms with Crippen molar-refractivity contribution in [3.8, 4) is 5.75 Å². The minimum atomic E-state index is -5.65. The van der Waals surface area contributed by atoms with Gasteiger partial charge < -0.3 is 23.3 Å². The van der Waals surface area contributed by atoms with Gasteiger partial charge in [0.05, 0.1) is 11.2 Å². The minimum Gasteiger partial charge on any atom is -0.399 e. The molecule has 12 heteroatoms. The predicted molar refractivity (Wildman–Crippen MR) is 191 cm³/mol. The van der Waals surface area contributed by atoms with Crippen molar-refractivity contribution in [2.24, 2.45) is 0 Å². The molecule has 3 aliphatic rings. The summed E-state index contributed by atoms with van der Waals surface area (Å²) in [6.45, 7) is 12.7. The quantitative estimate of drug-likeness (QED) is 0.118. The molecule has 0 N–H and O–H groups in total. The Hall–Kier alpha value is -3.48. The molecule has 7 rings (SSSR count). The highest BCUT2D eigenvalue weighted by Crippen LogP contribution is 2.37. The first kappa shape index (κ1) is 35.4. The van der Waals surface area contributed by atoms with Crippen LogP contribution in [0.5, 0.6) is 5.75 Å². The Kier molecular flexibility index (Phi) is 9.87. The van der Waals surface area contributed by atoms with Gasteiger partial charge in [-0.2, -0.15) is 21.6 Å². The molecule has 3 saturated heterocycles. The van der Waals surface area contributed by atoms with Crippen LogP contribution < -0.4 is 19.4 Å². The Balaban J connectivity index is 0.000000170. The van der Waals surface area contributed by atoms with Crippen LogP contribution in [0.25, 0.3) is 21.5 Å². The summed E-state index contributed by atoms with van der Waals surface area (Å²) in [5.41, 5.74) is -2.55. The molecule has 0 saturated carbocycles. The predicted octanol–water partition coefficient (Wildman–Crippen LogP) is 8.19. The average Bonchev–Trinajstić information content (AvgIpc) is 3.30. The molecule has 49 heavy (non-hydrogen) atoms. The molecule has 0 bridgehead atoms. The van der Waals surface area contributed by atoms with E-state index in [9.17, 15) is 21.6 Å². The molecule has 0 unspecified atom stereocenters. The fourth-order valence-electron chi connectivity index (χ4n) is 6.51. The van der Waals surface area contributed by atoms with Gasteiger partial charge >= 0.3 is 22.7 Å². The number of nitrogens with zero attached hydrogens (tertiary/aromatic N) is 2. The van der Waals surface area contributed by atoms with E-state index in [2.05, 4.69) is 78.1 Å². The summed E-state index contributed by atoms with van der Waals surface area (Å²) in [5.74, 6) is -0.356. The maximum absolute atomic E-state index is 12.4. The summed E-state index contributed by atoms with van der Waals surface area (Å²) in [7, 11) is -5.95. The van der Waals surface area contributed by atoms with Gasteiger partial charge in [0, 0.05) is 37.6 Å². The lowest BCUT2D eigenvalue weighted by molar-refractivity contribution is -0.0500. The summed E-state index contributed by atoms with van der Waals surface area (Å²) >= 11 is 0. The zero-order chi connectivity index (χ0) is 35.0. The summed E-state index contributed by atoms with van der Waals surface area (Å²) in [6, 6.07) is 23.0. The molecule has 7 nitrogen and oxygen atoms in total. The fourth-order valence-corrected chi connectivity index (χ4v) is 6.96. The van der Waals surface area contributed by atoms with Crippen molar-refractivity contribution >= 4 is 55.6 Å². The smallest absolute Gasteiger partial charge is 0.399 e. The lowest BCUT2D eigenvalue weighted by Gasteiger charge is -2.32.